The van der Waals surface area contributed by atoms with Gasteiger partial charge in [0.15, 0.2) is 8.32 Å². The minimum atomic E-state index is -1.48. The fourth-order valence-corrected chi connectivity index (χ4v) is 5.31. The zero-order valence-corrected chi connectivity index (χ0v) is 20.9. The molecular weight excluding hydrogens is 350 g/mol. The highest BCUT2D eigenvalue weighted by molar-refractivity contribution is 6.72. The summed E-state index contributed by atoms with van der Waals surface area (Å²) in [5, 5.41) is 0. The largest absolute Gasteiger partial charge is 0.420 e. The number of nitrogens with zero attached hydrogens (tertiary/aromatic N) is 3. The van der Waals surface area contributed by atoms with Crippen molar-refractivity contribution in [1.29, 1.82) is 0 Å². The summed E-state index contributed by atoms with van der Waals surface area (Å²) in [5.74, 6) is 0. The van der Waals surface area contributed by atoms with Crippen LogP contribution in [0.2, 0.25) is 18.6 Å². The molecule has 0 aliphatic carbocycles. The Morgan fingerprint density at radius 2 is 1.07 bits per heavy atom. The lowest BCUT2D eigenvalue weighted by atomic mass is 10.3. The number of hydrogen-bond acceptors (Lipinski definition) is 4. The van der Waals surface area contributed by atoms with E-state index in [1.807, 2.05) is 7.11 Å². The summed E-state index contributed by atoms with van der Waals surface area (Å²) in [4.78, 5) is 7.91. The molecule has 0 aromatic carbocycles. The van der Waals surface area contributed by atoms with E-state index in [0.717, 1.165) is 0 Å². The molecule has 0 radical (unpaired) electrons. The fraction of sp³-hybridized carbons (Fsp3) is 1.00. The van der Waals surface area contributed by atoms with Gasteiger partial charge in [-0.05, 0) is 103 Å². The molecule has 4 nitrogen and oxygen atoms in total. The van der Waals surface area contributed by atoms with E-state index in [1.54, 1.807) is 0 Å². The quantitative estimate of drug-likeness (QED) is 0.290. The van der Waals surface area contributed by atoms with Crippen molar-refractivity contribution in [3.63, 3.8) is 0 Å². The summed E-state index contributed by atoms with van der Waals surface area (Å²) in [7, 11) is 0.441. The molecule has 0 fully saturated rings. The molecule has 0 rings (SSSR count). The molecule has 27 heavy (non-hydrogen) atoms. The zero-order valence-electron chi connectivity index (χ0n) is 19.9. The third kappa shape index (κ3) is 13.0. The second-order valence-corrected chi connectivity index (χ2v) is 12.7. The minimum absolute atomic E-state index is 1.18. The van der Waals surface area contributed by atoms with Crippen LogP contribution in [0.4, 0.5) is 0 Å². The van der Waals surface area contributed by atoms with Crippen LogP contribution in [-0.2, 0) is 4.43 Å². The van der Waals surface area contributed by atoms with Crippen LogP contribution in [0.15, 0.2) is 0 Å². The lowest BCUT2D eigenvalue weighted by Crippen LogP contribution is -2.39. The van der Waals surface area contributed by atoms with E-state index in [1.165, 1.54) is 96.7 Å². The minimum Gasteiger partial charge on any atom is -0.420 e. The zero-order chi connectivity index (χ0) is 20.5. The Kier molecular flexibility index (Phi) is 17.0. The predicted molar refractivity (Wildman–Crippen MR) is 124 cm³/mol. The lowest BCUT2D eigenvalue weighted by molar-refractivity contribution is 0.216. The van der Waals surface area contributed by atoms with Crippen LogP contribution >= 0.6 is 0 Å². The molecule has 0 saturated heterocycles. The molecule has 0 spiro atoms. The first-order valence-electron chi connectivity index (χ1n) is 11.7. The molecule has 1 atom stereocenters. The summed E-state index contributed by atoms with van der Waals surface area (Å²) in [6, 6.07) is 2.48. The van der Waals surface area contributed by atoms with Crippen LogP contribution in [0.3, 0.4) is 0 Å². The molecular formula is C22H51N3OSi. The molecule has 0 aliphatic rings. The highest BCUT2D eigenvalue weighted by Crippen LogP contribution is 2.16. The van der Waals surface area contributed by atoms with Gasteiger partial charge < -0.3 is 19.1 Å². The maximum Gasteiger partial charge on any atom is 0.190 e. The summed E-state index contributed by atoms with van der Waals surface area (Å²) in [5.41, 5.74) is 0. The van der Waals surface area contributed by atoms with Gasteiger partial charge in [-0.1, -0.05) is 34.6 Å². The van der Waals surface area contributed by atoms with E-state index in [2.05, 4.69) is 55.9 Å². The van der Waals surface area contributed by atoms with Gasteiger partial charge in [-0.3, -0.25) is 0 Å². The first-order chi connectivity index (χ1) is 13.0. The van der Waals surface area contributed by atoms with E-state index < -0.39 is 8.32 Å². The highest BCUT2D eigenvalue weighted by Gasteiger charge is 2.25. The van der Waals surface area contributed by atoms with Crippen molar-refractivity contribution in [1.82, 2.24) is 14.7 Å². The van der Waals surface area contributed by atoms with Crippen molar-refractivity contribution in [3.05, 3.63) is 0 Å². The van der Waals surface area contributed by atoms with Gasteiger partial charge in [0, 0.05) is 7.11 Å². The van der Waals surface area contributed by atoms with Crippen molar-refractivity contribution in [2.24, 2.45) is 0 Å². The molecule has 164 valence electrons. The molecule has 0 amide bonds. The average molecular weight is 402 g/mol. The first kappa shape index (κ1) is 27.1. The van der Waals surface area contributed by atoms with E-state index in [4.69, 9.17) is 4.43 Å². The Hall–Kier alpha value is 0.0569. The van der Waals surface area contributed by atoms with Crippen molar-refractivity contribution < 1.29 is 4.43 Å². The summed E-state index contributed by atoms with van der Waals surface area (Å²) >= 11 is 0. The van der Waals surface area contributed by atoms with E-state index in [9.17, 15) is 0 Å². The number of hydrogen-bond donors (Lipinski definition) is 0. The lowest BCUT2D eigenvalue weighted by Gasteiger charge is -2.30. The molecule has 0 bridgehead atoms. The second-order valence-electron chi connectivity index (χ2n) is 8.17. The monoisotopic (exact) mass is 401 g/mol. The Morgan fingerprint density at radius 1 is 0.630 bits per heavy atom. The van der Waals surface area contributed by atoms with Crippen LogP contribution in [0, 0.1) is 0 Å². The maximum atomic E-state index is 5.92. The smallest absolute Gasteiger partial charge is 0.190 e. The Morgan fingerprint density at radius 3 is 1.41 bits per heavy atom. The van der Waals surface area contributed by atoms with E-state index in [-0.39, 0.29) is 0 Å². The predicted octanol–water partition coefficient (Wildman–Crippen LogP) is 4.77. The van der Waals surface area contributed by atoms with Crippen LogP contribution in [0.5, 0.6) is 0 Å². The van der Waals surface area contributed by atoms with Crippen LogP contribution in [0.25, 0.3) is 0 Å². The van der Waals surface area contributed by atoms with Crippen molar-refractivity contribution >= 4 is 8.32 Å². The van der Waals surface area contributed by atoms with E-state index in [0.29, 0.717) is 0 Å². The Bertz CT molecular complexity index is 307. The van der Waals surface area contributed by atoms with Gasteiger partial charge in [0.1, 0.15) is 0 Å². The molecule has 0 heterocycles. The van der Waals surface area contributed by atoms with Crippen molar-refractivity contribution in [2.45, 2.75) is 78.9 Å². The van der Waals surface area contributed by atoms with Crippen molar-refractivity contribution in [2.75, 3.05) is 66.0 Å². The molecule has 0 aliphatic heterocycles. The summed E-state index contributed by atoms with van der Waals surface area (Å²) in [6.07, 6.45) is 5.10. The molecule has 0 aromatic rings. The van der Waals surface area contributed by atoms with Gasteiger partial charge in [0.2, 0.25) is 0 Å². The van der Waals surface area contributed by atoms with Crippen LogP contribution < -0.4 is 0 Å². The maximum absolute atomic E-state index is 5.92. The Balaban J connectivity index is 4.51. The SMILES string of the molecule is CCCN(CC)CCCN(CCCN(CC)CCC)CC[Si](C)(CC)OC. The topological polar surface area (TPSA) is 19.0 Å². The van der Waals surface area contributed by atoms with Crippen LogP contribution in [0.1, 0.15) is 60.3 Å². The van der Waals surface area contributed by atoms with E-state index >= 15 is 0 Å². The standard InChI is InChI=1S/C22H51N3OSi/c1-8-15-23(10-3)17-13-19-25(21-22-27(7,12-5)26-6)20-14-18-24(11-4)16-9-2/h8-22H2,1-7H3. The first-order valence-corrected chi connectivity index (χ1v) is 14.5. The molecule has 0 saturated carbocycles. The van der Waals surface area contributed by atoms with Gasteiger partial charge >= 0.3 is 0 Å². The third-order valence-corrected chi connectivity index (χ3v) is 9.83. The summed E-state index contributed by atoms with van der Waals surface area (Å²) < 4.78 is 5.92. The van der Waals surface area contributed by atoms with Gasteiger partial charge in [-0.2, -0.15) is 0 Å². The normalized spacial score (nSPS) is 14.4. The van der Waals surface area contributed by atoms with Crippen LogP contribution in [-0.4, -0.2) is 89.0 Å². The molecule has 1 unspecified atom stereocenters. The highest BCUT2D eigenvalue weighted by atomic mass is 28.4. The van der Waals surface area contributed by atoms with Gasteiger partial charge in [-0.25, -0.2) is 0 Å². The van der Waals surface area contributed by atoms with Crippen molar-refractivity contribution in [3.8, 4) is 0 Å². The summed E-state index contributed by atoms with van der Waals surface area (Å²) in [6.45, 7) is 24.8. The fourth-order valence-electron chi connectivity index (χ4n) is 3.68. The van der Waals surface area contributed by atoms with Gasteiger partial charge in [0.25, 0.3) is 0 Å². The van der Waals surface area contributed by atoms with Gasteiger partial charge in [-0.15, -0.1) is 0 Å². The average Bonchev–Trinajstić information content (AvgIpc) is 2.69. The molecule has 0 aromatic heterocycles. The number of rotatable bonds is 19. The third-order valence-electron chi connectivity index (χ3n) is 6.07. The molecule has 5 heteroatoms. The Labute approximate surface area is 172 Å². The van der Waals surface area contributed by atoms with Gasteiger partial charge in [0.05, 0.1) is 0 Å². The second kappa shape index (κ2) is 17.0. The molecule has 0 N–H and O–H groups in total.